The topological polar surface area (TPSA) is 75.1 Å². The molecule has 106 valence electrons. The van der Waals surface area contributed by atoms with Crippen LogP contribution in [0, 0.1) is 0 Å². The van der Waals surface area contributed by atoms with E-state index in [2.05, 4.69) is 31.4 Å². The van der Waals surface area contributed by atoms with Gasteiger partial charge in [-0.3, -0.25) is 0 Å². The predicted octanol–water partition coefficient (Wildman–Crippen LogP) is 3.76. The summed E-state index contributed by atoms with van der Waals surface area (Å²) < 4.78 is 1.04. The summed E-state index contributed by atoms with van der Waals surface area (Å²) in [6.45, 7) is 0.534. The molecule has 0 fully saturated rings. The number of carboxylic acid groups (broad SMARTS) is 1. The summed E-state index contributed by atoms with van der Waals surface area (Å²) in [5, 5.41) is 21.0. The van der Waals surface area contributed by atoms with Gasteiger partial charge in [0.1, 0.15) is 0 Å². The summed E-state index contributed by atoms with van der Waals surface area (Å²) in [5.74, 6) is -1.09. The molecular weight excluding hydrogens is 354 g/mol. The number of hydrogen-bond donors (Lipinski definition) is 2. The van der Waals surface area contributed by atoms with Crippen molar-refractivity contribution in [1.82, 2.24) is 10.2 Å². The number of aromatic nitrogens is 2. The molecule has 0 saturated carbocycles. The number of benzene rings is 1. The molecule has 2 heterocycles. The Morgan fingerprint density at radius 2 is 2.05 bits per heavy atom. The van der Waals surface area contributed by atoms with Crippen molar-refractivity contribution in [2.45, 2.75) is 6.54 Å². The summed E-state index contributed by atoms with van der Waals surface area (Å²) >= 11 is 5.01. The highest BCUT2D eigenvalue weighted by Gasteiger charge is 2.16. The Bertz CT molecular complexity index is 819. The number of nitrogens with zero attached hydrogens (tertiary/aromatic N) is 2. The quantitative estimate of drug-likeness (QED) is 0.737. The molecule has 0 aliphatic carbocycles. The highest BCUT2D eigenvalue weighted by molar-refractivity contribution is 9.11. The van der Waals surface area contributed by atoms with Crippen molar-refractivity contribution in [3.63, 3.8) is 0 Å². The number of carboxylic acids is 1. The molecule has 21 heavy (non-hydrogen) atoms. The zero-order chi connectivity index (χ0) is 14.8. The summed E-state index contributed by atoms with van der Waals surface area (Å²) in [6, 6.07) is 11.3. The maximum atomic E-state index is 11.3. The van der Waals surface area contributed by atoms with E-state index in [0.29, 0.717) is 17.7 Å². The van der Waals surface area contributed by atoms with E-state index < -0.39 is 5.97 Å². The van der Waals surface area contributed by atoms with E-state index >= 15 is 0 Å². The van der Waals surface area contributed by atoms with E-state index in [9.17, 15) is 9.90 Å². The van der Waals surface area contributed by atoms with Gasteiger partial charge in [-0.2, -0.15) is 0 Å². The highest BCUT2D eigenvalue weighted by atomic mass is 79.9. The number of thiophene rings is 1. The standard InChI is InChI=1S/C14H10BrN3O2S/c15-11-6-5-8(21-11)7-16-12-9-3-1-2-4-10(9)17-18-13(12)14(19)20/h1-6H,7H2,(H,16,17)(H,19,20). The molecule has 0 unspecified atom stereocenters. The Balaban J connectivity index is 2.01. The molecule has 7 heteroatoms. The van der Waals surface area contributed by atoms with Crippen LogP contribution in [0.2, 0.25) is 0 Å². The van der Waals surface area contributed by atoms with Crippen molar-refractivity contribution in [2.75, 3.05) is 5.32 Å². The first-order valence-corrected chi connectivity index (χ1v) is 7.73. The molecule has 0 aliphatic rings. The number of anilines is 1. The van der Waals surface area contributed by atoms with E-state index in [1.54, 1.807) is 17.4 Å². The van der Waals surface area contributed by atoms with Crippen LogP contribution in [0.15, 0.2) is 40.2 Å². The molecule has 0 spiro atoms. The number of carbonyl (C=O) groups is 1. The SMILES string of the molecule is O=C(O)c1nnc2ccccc2c1NCc1ccc(Br)s1. The molecule has 3 aromatic rings. The third-order valence-corrected chi connectivity index (χ3v) is 4.56. The Morgan fingerprint density at radius 1 is 1.24 bits per heavy atom. The van der Waals surface area contributed by atoms with Crippen LogP contribution < -0.4 is 5.32 Å². The molecule has 0 aliphatic heterocycles. The summed E-state index contributed by atoms with van der Waals surface area (Å²) in [6.07, 6.45) is 0. The van der Waals surface area contributed by atoms with E-state index in [-0.39, 0.29) is 5.69 Å². The second-order valence-corrected chi connectivity index (χ2v) is 6.85. The van der Waals surface area contributed by atoms with Gasteiger partial charge in [-0.25, -0.2) is 4.79 Å². The van der Waals surface area contributed by atoms with Crippen LogP contribution in [-0.4, -0.2) is 21.3 Å². The van der Waals surface area contributed by atoms with Gasteiger partial charge in [0, 0.05) is 16.8 Å². The van der Waals surface area contributed by atoms with Crippen LogP contribution in [-0.2, 0) is 6.54 Å². The normalized spacial score (nSPS) is 10.7. The van der Waals surface area contributed by atoms with Gasteiger partial charge in [0.2, 0.25) is 0 Å². The van der Waals surface area contributed by atoms with Crippen LogP contribution in [0.25, 0.3) is 10.9 Å². The van der Waals surface area contributed by atoms with E-state index in [1.165, 1.54) is 0 Å². The Morgan fingerprint density at radius 3 is 2.76 bits per heavy atom. The number of hydrogen-bond acceptors (Lipinski definition) is 5. The second-order valence-electron chi connectivity index (χ2n) is 4.31. The molecule has 1 aromatic carbocycles. The monoisotopic (exact) mass is 363 g/mol. The lowest BCUT2D eigenvalue weighted by Gasteiger charge is -2.10. The van der Waals surface area contributed by atoms with E-state index in [1.807, 2.05) is 30.3 Å². The lowest BCUT2D eigenvalue weighted by Crippen LogP contribution is -2.10. The number of fused-ring (bicyclic) bond motifs is 1. The third-order valence-electron chi connectivity index (χ3n) is 2.94. The number of nitrogens with one attached hydrogen (secondary N) is 1. The van der Waals surface area contributed by atoms with Gasteiger partial charge < -0.3 is 10.4 Å². The van der Waals surface area contributed by atoms with Gasteiger partial charge in [0.05, 0.1) is 15.0 Å². The average molecular weight is 364 g/mol. The molecule has 0 amide bonds. The zero-order valence-electron chi connectivity index (χ0n) is 10.7. The van der Waals surface area contributed by atoms with Gasteiger partial charge in [-0.15, -0.1) is 21.5 Å². The molecule has 0 radical (unpaired) electrons. The first kappa shape index (κ1) is 14.0. The van der Waals surface area contributed by atoms with Crippen molar-refractivity contribution in [1.29, 1.82) is 0 Å². The largest absolute Gasteiger partial charge is 0.476 e. The lowest BCUT2D eigenvalue weighted by molar-refractivity contribution is 0.0690. The molecule has 3 rings (SSSR count). The first-order valence-electron chi connectivity index (χ1n) is 6.12. The smallest absolute Gasteiger partial charge is 0.358 e. The lowest BCUT2D eigenvalue weighted by atomic mass is 10.1. The Kier molecular flexibility index (Phi) is 3.85. The van der Waals surface area contributed by atoms with Gasteiger partial charge in [-0.05, 0) is 34.1 Å². The summed E-state index contributed by atoms with van der Waals surface area (Å²) in [7, 11) is 0. The van der Waals surface area contributed by atoms with Gasteiger partial charge >= 0.3 is 5.97 Å². The molecule has 0 atom stereocenters. The van der Waals surface area contributed by atoms with Crippen molar-refractivity contribution in [3.05, 3.63) is 50.8 Å². The minimum atomic E-state index is -1.09. The molecule has 0 saturated heterocycles. The fourth-order valence-corrected chi connectivity index (χ4v) is 3.43. The highest BCUT2D eigenvalue weighted by Crippen LogP contribution is 2.27. The van der Waals surface area contributed by atoms with Crippen LogP contribution in [0.4, 0.5) is 5.69 Å². The van der Waals surface area contributed by atoms with E-state index in [0.717, 1.165) is 14.0 Å². The predicted molar refractivity (Wildman–Crippen MR) is 85.8 cm³/mol. The van der Waals surface area contributed by atoms with Crippen LogP contribution in [0.5, 0.6) is 0 Å². The third kappa shape index (κ3) is 2.88. The maximum absolute atomic E-state index is 11.3. The summed E-state index contributed by atoms with van der Waals surface area (Å²) in [5.41, 5.74) is 1.10. The van der Waals surface area contributed by atoms with Gasteiger partial charge in [-0.1, -0.05) is 18.2 Å². The molecule has 2 aromatic heterocycles. The van der Waals surface area contributed by atoms with Crippen molar-refractivity contribution < 1.29 is 9.90 Å². The Labute approximate surface area is 132 Å². The fraction of sp³-hybridized carbons (Fsp3) is 0.0714. The van der Waals surface area contributed by atoms with Gasteiger partial charge in [0.15, 0.2) is 5.69 Å². The first-order chi connectivity index (χ1) is 10.1. The zero-order valence-corrected chi connectivity index (χ0v) is 13.1. The van der Waals surface area contributed by atoms with Crippen LogP contribution in [0.1, 0.15) is 15.4 Å². The molecule has 0 bridgehead atoms. The maximum Gasteiger partial charge on any atom is 0.358 e. The van der Waals surface area contributed by atoms with Crippen molar-refractivity contribution >= 4 is 49.8 Å². The molecule has 2 N–H and O–H groups in total. The van der Waals surface area contributed by atoms with Crippen molar-refractivity contribution in [2.24, 2.45) is 0 Å². The summed E-state index contributed by atoms with van der Waals surface area (Å²) in [4.78, 5) is 12.4. The van der Waals surface area contributed by atoms with Crippen LogP contribution in [0.3, 0.4) is 0 Å². The van der Waals surface area contributed by atoms with E-state index in [4.69, 9.17) is 0 Å². The van der Waals surface area contributed by atoms with Crippen LogP contribution >= 0.6 is 27.3 Å². The number of halogens is 1. The minimum Gasteiger partial charge on any atom is -0.476 e. The van der Waals surface area contributed by atoms with Crippen molar-refractivity contribution in [3.8, 4) is 0 Å². The number of rotatable bonds is 4. The number of aromatic carboxylic acids is 1. The fourth-order valence-electron chi connectivity index (χ4n) is 2.00. The Hall–Kier alpha value is -1.99. The molecule has 5 nitrogen and oxygen atoms in total. The second kappa shape index (κ2) is 5.79. The molecular formula is C14H10BrN3O2S. The van der Waals surface area contributed by atoms with Gasteiger partial charge in [0.25, 0.3) is 0 Å². The average Bonchev–Trinajstić information content (AvgIpc) is 2.90. The minimum absolute atomic E-state index is 0.0654.